The predicted molar refractivity (Wildman–Crippen MR) is 73.1 cm³/mol. The van der Waals surface area contributed by atoms with Gasteiger partial charge in [0.1, 0.15) is 18.3 Å². The number of hydrogen-bond acceptors (Lipinski definition) is 6. The van der Waals surface area contributed by atoms with E-state index in [1.54, 1.807) is 0 Å². The second-order valence-electron chi connectivity index (χ2n) is 6.59. The number of nitrogens with zero attached hydrogens (tertiary/aromatic N) is 1. The fraction of sp³-hybridized carbons (Fsp3) is 0.929. The molecule has 21 heavy (non-hydrogen) atoms. The summed E-state index contributed by atoms with van der Waals surface area (Å²) in [4.78, 5) is 13.5. The normalized spacial score (nSPS) is 40.5. The van der Waals surface area contributed by atoms with E-state index in [2.05, 4.69) is 13.8 Å². The molecule has 0 radical (unpaired) electrons. The van der Waals surface area contributed by atoms with E-state index in [9.17, 15) is 20.1 Å². The number of β-amino-alcohol motifs (C(OH)–C–C–N with tert-alkyl or cyclic N) is 1. The highest BCUT2D eigenvalue weighted by atomic mass is 16.7. The molecule has 0 saturated carbocycles. The zero-order chi connectivity index (χ0) is 15.8. The van der Waals surface area contributed by atoms with E-state index in [0.29, 0.717) is 18.9 Å². The summed E-state index contributed by atoms with van der Waals surface area (Å²) in [6, 6.07) is 0. The third kappa shape index (κ3) is 3.37. The van der Waals surface area contributed by atoms with E-state index in [-0.39, 0.29) is 18.4 Å². The maximum Gasteiger partial charge on any atom is 0.223 e. The van der Waals surface area contributed by atoms with Gasteiger partial charge in [-0.1, -0.05) is 13.8 Å². The molecule has 2 heterocycles. The van der Waals surface area contributed by atoms with Crippen LogP contribution >= 0.6 is 0 Å². The lowest BCUT2D eigenvalue weighted by Crippen LogP contribution is -2.52. The number of carbonyl (C=O) groups is 1. The van der Waals surface area contributed by atoms with Crippen LogP contribution in [0.25, 0.3) is 0 Å². The lowest BCUT2D eigenvalue weighted by atomic mass is 9.96. The molecule has 0 bridgehead atoms. The number of hydrogen-bond donors (Lipinski definition) is 4. The minimum Gasteiger partial charge on any atom is -0.394 e. The van der Waals surface area contributed by atoms with Gasteiger partial charge in [0, 0.05) is 13.0 Å². The van der Waals surface area contributed by atoms with Crippen LogP contribution < -0.4 is 0 Å². The number of amides is 1. The van der Waals surface area contributed by atoms with Crippen LogP contribution in [0.15, 0.2) is 0 Å². The van der Waals surface area contributed by atoms with Crippen LogP contribution in [0.3, 0.4) is 0 Å². The third-order valence-electron chi connectivity index (χ3n) is 4.22. The topological polar surface area (TPSA) is 110 Å². The van der Waals surface area contributed by atoms with Crippen molar-refractivity contribution in [1.29, 1.82) is 0 Å². The number of likely N-dealkylation sites (tertiary alicyclic amines) is 1. The van der Waals surface area contributed by atoms with Gasteiger partial charge in [-0.2, -0.15) is 0 Å². The highest BCUT2D eigenvalue weighted by Crippen LogP contribution is 2.32. The summed E-state index contributed by atoms with van der Waals surface area (Å²) in [5, 5.41) is 39.0. The Morgan fingerprint density at radius 3 is 2.62 bits per heavy atom. The second kappa shape index (κ2) is 6.18. The Morgan fingerprint density at radius 2 is 2.10 bits per heavy atom. The Kier molecular flexibility index (Phi) is 4.89. The number of rotatable bonds is 5. The van der Waals surface area contributed by atoms with Gasteiger partial charge in [0.2, 0.25) is 11.7 Å². The summed E-state index contributed by atoms with van der Waals surface area (Å²) in [7, 11) is 0. The summed E-state index contributed by atoms with van der Waals surface area (Å²) in [5.74, 6) is -1.40. The quantitative estimate of drug-likeness (QED) is 0.501. The number of aliphatic hydroxyl groups is 4. The van der Waals surface area contributed by atoms with Crippen molar-refractivity contribution in [2.24, 2.45) is 11.8 Å². The Morgan fingerprint density at radius 1 is 1.43 bits per heavy atom. The minimum atomic E-state index is -2.03. The van der Waals surface area contributed by atoms with Gasteiger partial charge >= 0.3 is 0 Å². The molecular weight excluding hydrogens is 278 g/mol. The number of carbonyl (C=O) groups excluding carboxylic acids is 1. The van der Waals surface area contributed by atoms with E-state index >= 15 is 0 Å². The van der Waals surface area contributed by atoms with Gasteiger partial charge in [0.15, 0.2) is 0 Å². The van der Waals surface area contributed by atoms with Crippen molar-refractivity contribution < 1.29 is 30.0 Å². The van der Waals surface area contributed by atoms with E-state index in [1.165, 1.54) is 4.90 Å². The highest BCUT2D eigenvalue weighted by molar-refractivity contribution is 5.78. The van der Waals surface area contributed by atoms with Crippen molar-refractivity contribution in [3.63, 3.8) is 0 Å². The van der Waals surface area contributed by atoms with Crippen molar-refractivity contribution in [2.45, 2.75) is 50.8 Å². The molecule has 2 fully saturated rings. The number of ether oxygens (including phenoxy) is 1. The monoisotopic (exact) mass is 303 g/mol. The Hall–Kier alpha value is -0.730. The summed E-state index contributed by atoms with van der Waals surface area (Å²) in [5.41, 5.74) is 0. The van der Waals surface area contributed by atoms with Gasteiger partial charge in [-0.15, -0.1) is 0 Å². The largest absolute Gasteiger partial charge is 0.394 e. The zero-order valence-corrected chi connectivity index (χ0v) is 12.5. The fourth-order valence-electron chi connectivity index (χ4n) is 3.25. The van der Waals surface area contributed by atoms with E-state index in [1.807, 2.05) is 0 Å². The predicted octanol–water partition coefficient (Wildman–Crippen LogP) is -1.32. The molecule has 2 aliphatic rings. The van der Waals surface area contributed by atoms with Crippen LogP contribution in [0.1, 0.15) is 26.7 Å². The van der Waals surface area contributed by atoms with Crippen LogP contribution in [0, 0.1) is 11.8 Å². The zero-order valence-electron chi connectivity index (χ0n) is 12.5. The van der Waals surface area contributed by atoms with Crippen LogP contribution in [-0.2, 0) is 9.53 Å². The number of aliphatic hydroxyl groups excluding tert-OH is 3. The van der Waals surface area contributed by atoms with Crippen LogP contribution in [-0.4, -0.2) is 75.0 Å². The first-order valence-corrected chi connectivity index (χ1v) is 7.41. The molecule has 7 heteroatoms. The smallest absolute Gasteiger partial charge is 0.223 e. The molecule has 5 atom stereocenters. The van der Waals surface area contributed by atoms with Gasteiger partial charge in [0.05, 0.1) is 13.2 Å². The minimum absolute atomic E-state index is 0.0909. The molecule has 122 valence electrons. The second-order valence-corrected chi connectivity index (χ2v) is 6.59. The Labute approximate surface area is 124 Å². The summed E-state index contributed by atoms with van der Waals surface area (Å²) in [6.45, 7) is 3.98. The molecule has 0 aliphatic carbocycles. The van der Waals surface area contributed by atoms with Crippen LogP contribution in [0.4, 0.5) is 0 Å². The van der Waals surface area contributed by atoms with Crippen molar-refractivity contribution in [1.82, 2.24) is 4.90 Å². The summed E-state index contributed by atoms with van der Waals surface area (Å²) in [6.07, 6.45) is -2.62. The molecular formula is C14H25NO6. The standard InChI is InChI=1S/C14H25NO6/c1-8(2)3-9-4-11(17)15(5-9)7-14(20)13(19)12(18)10(6-16)21-14/h8-10,12-13,16,18-20H,3-7H2,1-2H3/t9?,10?,12?,13?,14-/m0/s1. The first-order valence-electron chi connectivity index (χ1n) is 7.41. The van der Waals surface area contributed by atoms with Gasteiger partial charge in [-0.05, 0) is 18.3 Å². The van der Waals surface area contributed by atoms with Gasteiger partial charge < -0.3 is 30.1 Å². The van der Waals surface area contributed by atoms with Crippen molar-refractivity contribution >= 4 is 5.91 Å². The van der Waals surface area contributed by atoms with Gasteiger partial charge in [-0.3, -0.25) is 4.79 Å². The third-order valence-corrected chi connectivity index (χ3v) is 4.22. The van der Waals surface area contributed by atoms with Gasteiger partial charge in [0.25, 0.3) is 0 Å². The molecule has 2 saturated heterocycles. The maximum atomic E-state index is 12.0. The van der Waals surface area contributed by atoms with Crippen LogP contribution in [0.2, 0.25) is 0 Å². The van der Waals surface area contributed by atoms with E-state index in [0.717, 1.165) is 6.42 Å². The molecule has 0 aromatic carbocycles. The average Bonchev–Trinajstić information content (AvgIpc) is 2.82. The van der Waals surface area contributed by atoms with Crippen LogP contribution in [0.5, 0.6) is 0 Å². The molecule has 7 nitrogen and oxygen atoms in total. The molecule has 0 aromatic heterocycles. The molecule has 4 unspecified atom stereocenters. The first-order chi connectivity index (χ1) is 9.76. The lowest BCUT2D eigenvalue weighted by molar-refractivity contribution is -0.237. The van der Waals surface area contributed by atoms with Crippen molar-refractivity contribution in [3.8, 4) is 0 Å². The Balaban J connectivity index is 1.99. The molecule has 2 rings (SSSR count). The summed E-state index contributed by atoms with van der Waals surface area (Å²) < 4.78 is 5.16. The SMILES string of the molecule is CC(C)CC1CC(=O)N(C[C@]2(O)OC(CO)C(O)C2O)C1. The molecule has 0 spiro atoms. The van der Waals surface area contributed by atoms with Crippen molar-refractivity contribution in [3.05, 3.63) is 0 Å². The molecule has 0 aromatic rings. The first kappa shape index (κ1) is 16.6. The van der Waals surface area contributed by atoms with E-state index < -0.39 is 30.7 Å². The molecule has 4 N–H and O–H groups in total. The average molecular weight is 303 g/mol. The van der Waals surface area contributed by atoms with Crippen molar-refractivity contribution in [2.75, 3.05) is 19.7 Å². The molecule has 1 amide bonds. The maximum absolute atomic E-state index is 12.0. The fourth-order valence-corrected chi connectivity index (χ4v) is 3.25. The highest BCUT2D eigenvalue weighted by Gasteiger charge is 2.54. The van der Waals surface area contributed by atoms with Gasteiger partial charge in [-0.25, -0.2) is 0 Å². The lowest BCUT2D eigenvalue weighted by Gasteiger charge is -2.31. The summed E-state index contributed by atoms with van der Waals surface area (Å²) >= 11 is 0. The van der Waals surface area contributed by atoms with E-state index in [4.69, 9.17) is 9.84 Å². The molecule has 2 aliphatic heterocycles. The Bertz CT molecular complexity index is 390.